The second-order valence-electron chi connectivity index (χ2n) is 5.22. The number of hydrogen-bond acceptors (Lipinski definition) is 2. The zero-order valence-electron chi connectivity index (χ0n) is 11.8. The number of alkyl halides is 3. The van der Waals surface area contributed by atoms with E-state index in [1.165, 1.54) is 12.1 Å². The van der Waals surface area contributed by atoms with Gasteiger partial charge in [0.15, 0.2) is 5.28 Å². The molecule has 1 aliphatic rings. The number of halogens is 3. The van der Waals surface area contributed by atoms with Crippen molar-refractivity contribution in [1.82, 2.24) is 0 Å². The average Bonchev–Trinajstić information content (AvgIpc) is 2.61. The Morgan fingerprint density at radius 1 is 1.04 bits per heavy atom. The van der Waals surface area contributed by atoms with Crippen LogP contribution in [0.4, 0.5) is 18.9 Å². The van der Waals surface area contributed by atoms with Crippen LogP contribution in [0, 0.1) is 0 Å². The number of benzene rings is 2. The molecule has 0 aliphatic carbocycles. The smallest absolute Gasteiger partial charge is 0.362 e. The lowest BCUT2D eigenvalue weighted by atomic mass is 9.89. The van der Waals surface area contributed by atoms with Gasteiger partial charge in [0.1, 0.15) is 5.92 Å². The lowest BCUT2D eigenvalue weighted by Crippen LogP contribution is -2.26. The molecule has 0 radical (unpaired) electrons. The lowest BCUT2D eigenvalue weighted by Gasteiger charge is -2.14. The Hall–Kier alpha value is -2.70. The van der Waals surface area contributed by atoms with Gasteiger partial charge in [-0.25, -0.2) is 4.79 Å². The largest absolute Gasteiger partial charge is 0.428 e. The monoisotopic (exact) mass is 321 g/mol. The molecule has 2 aromatic carbocycles. The summed E-state index contributed by atoms with van der Waals surface area (Å²) in [4.78, 5) is 12.6. The maximum atomic E-state index is 12.9. The van der Waals surface area contributed by atoms with E-state index in [0.717, 1.165) is 0 Å². The summed E-state index contributed by atoms with van der Waals surface area (Å²) in [6, 6.07) is 13.0. The highest BCUT2D eigenvalue weighted by atomic mass is 19.4. The van der Waals surface area contributed by atoms with Crippen LogP contribution >= 0.6 is 0 Å². The topological polar surface area (TPSA) is 52.7 Å². The molecular formula is C16H12F3N2O2+. The van der Waals surface area contributed by atoms with Gasteiger partial charge in [-0.1, -0.05) is 36.4 Å². The maximum absolute atomic E-state index is 12.9. The predicted octanol–water partition coefficient (Wildman–Crippen LogP) is 4.42. The number of amides is 1. The van der Waals surface area contributed by atoms with Crippen molar-refractivity contribution in [3.8, 4) is 11.1 Å². The summed E-state index contributed by atoms with van der Waals surface area (Å²) < 4.78 is 39.4. The number of fused-ring (bicyclic) bond motifs is 3. The third kappa shape index (κ3) is 2.69. The summed E-state index contributed by atoms with van der Waals surface area (Å²) in [5.74, 6) is -2.38. The van der Waals surface area contributed by atoms with Crippen molar-refractivity contribution < 1.29 is 27.9 Å². The molecule has 4 nitrogen and oxygen atoms in total. The molecule has 0 saturated carbocycles. The van der Waals surface area contributed by atoms with Crippen LogP contribution < -0.4 is 0 Å². The fourth-order valence-corrected chi connectivity index (χ4v) is 2.85. The molecule has 0 aromatic heterocycles. The second-order valence-corrected chi connectivity index (χ2v) is 5.22. The number of hydrogen-bond donors (Lipinski definition) is 1. The van der Waals surface area contributed by atoms with Crippen molar-refractivity contribution in [3.63, 3.8) is 0 Å². The van der Waals surface area contributed by atoms with Gasteiger partial charge < -0.3 is 5.21 Å². The molecule has 1 amide bonds. The fraction of sp³-hybridized carbons (Fsp3) is 0.188. The summed E-state index contributed by atoms with van der Waals surface area (Å²) in [5, 5.41) is 12.1. The Kier molecular flexibility index (Phi) is 3.63. The molecule has 1 heterocycles. The van der Waals surface area contributed by atoms with E-state index < -0.39 is 24.4 Å². The summed E-state index contributed by atoms with van der Waals surface area (Å²) >= 11 is 0. The van der Waals surface area contributed by atoms with Crippen molar-refractivity contribution in [3.05, 3.63) is 54.1 Å². The van der Waals surface area contributed by atoms with E-state index in [1.807, 2.05) is 0 Å². The zero-order chi connectivity index (χ0) is 16.6. The van der Waals surface area contributed by atoms with Gasteiger partial charge in [0.25, 0.3) is 5.69 Å². The minimum absolute atomic E-state index is 0.247. The van der Waals surface area contributed by atoms with Crippen LogP contribution in [0.2, 0.25) is 0 Å². The molecule has 1 aliphatic heterocycles. The van der Waals surface area contributed by atoms with Crippen LogP contribution in [-0.4, -0.2) is 22.0 Å². The Bertz CT molecular complexity index is 800. The van der Waals surface area contributed by atoms with E-state index in [-0.39, 0.29) is 11.3 Å². The van der Waals surface area contributed by atoms with Crippen LogP contribution in [0.1, 0.15) is 17.9 Å². The van der Waals surface area contributed by atoms with Crippen molar-refractivity contribution >= 4 is 11.6 Å². The van der Waals surface area contributed by atoms with Crippen LogP contribution in [0.15, 0.2) is 53.8 Å². The van der Waals surface area contributed by atoms with E-state index in [9.17, 15) is 23.2 Å². The molecule has 0 saturated heterocycles. The van der Waals surface area contributed by atoms with Gasteiger partial charge in [-0.2, -0.15) is 13.2 Å². The summed E-state index contributed by atoms with van der Waals surface area (Å²) in [7, 11) is 0. The maximum Gasteiger partial charge on any atom is 0.428 e. The highest BCUT2D eigenvalue weighted by Gasteiger charge is 2.46. The van der Waals surface area contributed by atoms with Gasteiger partial charge in [-0.3, -0.25) is 0 Å². The molecular weight excluding hydrogens is 309 g/mol. The van der Waals surface area contributed by atoms with Gasteiger partial charge in [0.05, 0.1) is 12.0 Å². The first-order valence-corrected chi connectivity index (χ1v) is 6.86. The lowest BCUT2D eigenvalue weighted by molar-refractivity contribution is -0.465. The Morgan fingerprint density at radius 2 is 1.65 bits per heavy atom. The highest BCUT2D eigenvalue weighted by Crippen LogP contribution is 2.43. The van der Waals surface area contributed by atoms with Gasteiger partial charge in [-0.05, 0) is 17.2 Å². The van der Waals surface area contributed by atoms with Crippen LogP contribution in [0.25, 0.3) is 11.1 Å². The minimum atomic E-state index is -4.52. The average molecular weight is 321 g/mol. The normalized spacial score (nSPS) is 19.2. The van der Waals surface area contributed by atoms with Gasteiger partial charge in [0.2, 0.25) is 0 Å². The quantitative estimate of drug-likeness (QED) is 0.624. The van der Waals surface area contributed by atoms with E-state index in [1.54, 1.807) is 36.4 Å². The predicted molar refractivity (Wildman–Crippen MR) is 74.4 cm³/mol. The molecule has 23 heavy (non-hydrogen) atoms. The number of nitrogens with zero attached hydrogens (tertiary/aromatic N) is 2. The van der Waals surface area contributed by atoms with Crippen molar-refractivity contribution in [1.29, 1.82) is 0 Å². The molecule has 0 spiro atoms. The van der Waals surface area contributed by atoms with E-state index in [4.69, 9.17) is 0 Å². The highest BCUT2D eigenvalue weighted by molar-refractivity contribution is 5.89. The first kappa shape index (κ1) is 15.2. The standard InChI is InChI=1S/C16H11F3N2O2/c17-16(18,19)9-13-11-6-2-1-5-10(11)12-7-3-4-8-14(12)21(20-23)15(13)22/h1-8,13H,9H2/p+1. The van der Waals surface area contributed by atoms with Crippen molar-refractivity contribution in [2.75, 3.05) is 0 Å². The summed E-state index contributed by atoms with van der Waals surface area (Å²) in [5.41, 5.74) is 1.58. The zero-order valence-corrected chi connectivity index (χ0v) is 11.8. The van der Waals surface area contributed by atoms with Gasteiger partial charge in [-0.15, -0.1) is 0 Å². The molecule has 1 unspecified atom stereocenters. The molecule has 118 valence electrons. The SMILES string of the molecule is O=C1C(CC(F)(F)F)c2ccccc2-c2ccccc2[N+]1=NO. The molecule has 3 rings (SSSR count). The summed E-state index contributed by atoms with van der Waals surface area (Å²) in [6.45, 7) is 0. The number of rotatable bonds is 1. The first-order valence-electron chi connectivity index (χ1n) is 6.86. The Labute approximate surface area is 129 Å². The van der Waals surface area contributed by atoms with E-state index in [0.29, 0.717) is 15.8 Å². The number of carbonyl (C=O) groups excluding carboxylic acids is 1. The number of para-hydroxylation sites is 1. The Balaban J connectivity index is 2.29. The summed E-state index contributed by atoms with van der Waals surface area (Å²) in [6.07, 6.45) is -5.84. The number of carbonyl (C=O) groups is 1. The van der Waals surface area contributed by atoms with Crippen LogP contribution in [0.3, 0.4) is 0 Å². The van der Waals surface area contributed by atoms with Gasteiger partial charge in [0, 0.05) is 10.8 Å². The van der Waals surface area contributed by atoms with E-state index in [2.05, 4.69) is 5.28 Å². The fourth-order valence-electron chi connectivity index (χ4n) is 2.85. The van der Waals surface area contributed by atoms with Crippen LogP contribution in [0.5, 0.6) is 0 Å². The molecule has 1 atom stereocenters. The minimum Gasteiger partial charge on any atom is -0.362 e. The first-order chi connectivity index (χ1) is 10.9. The third-order valence-corrected chi connectivity index (χ3v) is 3.79. The second kappa shape index (κ2) is 5.49. The van der Waals surface area contributed by atoms with Crippen LogP contribution in [-0.2, 0) is 4.79 Å². The molecule has 1 N–H and O–H groups in total. The van der Waals surface area contributed by atoms with Gasteiger partial charge >= 0.3 is 12.1 Å². The van der Waals surface area contributed by atoms with E-state index >= 15 is 0 Å². The molecule has 7 heteroatoms. The molecule has 0 bridgehead atoms. The third-order valence-electron chi connectivity index (χ3n) is 3.79. The molecule has 2 aromatic rings. The van der Waals surface area contributed by atoms with Crippen molar-refractivity contribution in [2.24, 2.45) is 5.28 Å². The Morgan fingerprint density at radius 3 is 2.30 bits per heavy atom. The van der Waals surface area contributed by atoms with Crippen molar-refractivity contribution in [2.45, 2.75) is 18.5 Å². The molecule has 0 fully saturated rings.